The van der Waals surface area contributed by atoms with Crippen LogP contribution < -0.4 is 0 Å². The third-order valence-electron chi connectivity index (χ3n) is 3.63. The number of carbonyl (C=O) groups is 1. The van der Waals surface area contributed by atoms with Crippen molar-refractivity contribution < 1.29 is 9.53 Å². The second-order valence-electron chi connectivity index (χ2n) is 5.64. The lowest BCUT2D eigenvalue weighted by atomic mass is 9.68. The van der Waals surface area contributed by atoms with Gasteiger partial charge in [0.1, 0.15) is 11.7 Å². The molecule has 0 N–H and O–H groups in total. The topological polar surface area (TPSA) is 63.0 Å². The summed E-state index contributed by atoms with van der Waals surface area (Å²) in [6.45, 7) is 3.55. The maximum Gasteiger partial charge on any atom is 0.178 e. The molecule has 1 aromatic rings. The SMILES string of the molecule is COC1(c2ncc(Cl)cc2Cl)C=C(C#N)C(=O)C(C)(C)C1. The largest absolute Gasteiger partial charge is 0.368 e. The molecule has 0 spiro atoms. The van der Waals surface area contributed by atoms with Gasteiger partial charge in [-0.05, 0) is 18.6 Å². The normalized spacial score (nSPS) is 24.4. The zero-order chi connectivity index (χ0) is 15.8. The van der Waals surface area contributed by atoms with Gasteiger partial charge < -0.3 is 4.74 Å². The van der Waals surface area contributed by atoms with E-state index < -0.39 is 11.0 Å². The van der Waals surface area contributed by atoms with Gasteiger partial charge in [-0.15, -0.1) is 0 Å². The quantitative estimate of drug-likeness (QED) is 0.832. The van der Waals surface area contributed by atoms with Gasteiger partial charge in [0.05, 0.1) is 21.3 Å². The molecule has 0 fully saturated rings. The van der Waals surface area contributed by atoms with Gasteiger partial charge in [-0.3, -0.25) is 9.78 Å². The Morgan fingerprint density at radius 2 is 2.10 bits per heavy atom. The highest BCUT2D eigenvalue weighted by Gasteiger charge is 2.48. The van der Waals surface area contributed by atoms with E-state index in [1.807, 2.05) is 6.07 Å². The first kappa shape index (κ1) is 16.0. The molecule has 0 bridgehead atoms. The first-order valence-corrected chi connectivity index (χ1v) is 7.06. The van der Waals surface area contributed by atoms with Crippen LogP contribution in [-0.4, -0.2) is 17.9 Å². The monoisotopic (exact) mass is 324 g/mol. The fourth-order valence-electron chi connectivity index (χ4n) is 2.64. The van der Waals surface area contributed by atoms with Gasteiger partial charge in [0, 0.05) is 18.7 Å². The average Bonchev–Trinajstić information content (AvgIpc) is 2.41. The molecule has 0 amide bonds. The van der Waals surface area contributed by atoms with Gasteiger partial charge in [0.15, 0.2) is 5.78 Å². The molecule has 110 valence electrons. The predicted molar refractivity (Wildman–Crippen MR) is 80.0 cm³/mol. The van der Waals surface area contributed by atoms with Crippen LogP contribution in [0.4, 0.5) is 0 Å². The minimum Gasteiger partial charge on any atom is -0.368 e. The van der Waals surface area contributed by atoms with Crippen molar-refractivity contribution in [2.75, 3.05) is 7.11 Å². The smallest absolute Gasteiger partial charge is 0.178 e. The van der Waals surface area contributed by atoms with E-state index in [1.165, 1.54) is 19.4 Å². The molecule has 0 saturated carbocycles. The Hall–Kier alpha value is -1.41. The van der Waals surface area contributed by atoms with Crippen molar-refractivity contribution in [1.29, 1.82) is 5.26 Å². The lowest BCUT2D eigenvalue weighted by Gasteiger charge is -2.40. The molecule has 1 aliphatic rings. The number of hydrogen-bond donors (Lipinski definition) is 0. The predicted octanol–water partition coefficient (Wildman–Crippen LogP) is 3.68. The summed E-state index contributed by atoms with van der Waals surface area (Å²) in [4.78, 5) is 16.5. The fourth-order valence-corrected chi connectivity index (χ4v) is 3.18. The Balaban J connectivity index is 2.69. The van der Waals surface area contributed by atoms with Crippen LogP contribution in [0.3, 0.4) is 0 Å². The molecule has 0 aliphatic heterocycles. The summed E-state index contributed by atoms with van der Waals surface area (Å²) in [7, 11) is 1.50. The molecule has 0 radical (unpaired) electrons. The molecule has 1 aliphatic carbocycles. The van der Waals surface area contributed by atoms with Gasteiger partial charge in [-0.25, -0.2) is 0 Å². The fraction of sp³-hybridized carbons (Fsp3) is 0.400. The molecule has 2 rings (SSSR count). The number of methoxy groups -OCH3 is 1. The second-order valence-corrected chi connectivity index (χ2v) is 6.48. The van der Waals surface area contributed by atoms with E-state index in [0.717, 1.165) is 0 Å². The van der Waals surface area contributed by atoms with Crippen molar-refractivity contribution in [3.8, 4) is 6.07 Å². The van der Waals surface area contributed by atoms with Gasteiger partial charge >= 0.3 is 0 Å². The molecular formula is C15H14Cl2N2O2. The number of nitrogens with zero attached hydrogens (tertiary/aromatic N) is 2. The number of rotatable bonds is 2. The van der Waals surface area contributed by atoms with Crippen LogP contribution in [-0.2, 0) is 15.1 Å². The maximum atomic E-state index is 12.2. The second kappa shape index (κ2) is 5.42. The number of ether oxygens (including phenoxy) is 1. The van der Waals surface area contributed by atoms with Gasteiger partial charge in [-0.2, -0.15) is 5.26 Å². The average molecular weight is 325 g/mol. The van der Waals surface area contributed by atoms with E-state index in [0.29, 0.717) is 22.2 Å². The third kappa shape index (κ3) is 2.69. The lowest BCUT2D eigenvalue weighted by Crippen LogP contribution is -2.42. The minimum atomic E-state index is -1.02. The van der Waals surface area contributed by atoms with Crippen LogP contribution in [0.1, 0.15) is 26.0 Å². The number of ketones is 1. The summed E-state index contributed by atoms with van der Waals surface area (Å²) < 4.78 is 5.63. The van der Waals surface area contributed by atoms with E-state index in [4.69, 9.17) is 27.9 Å². The molecule has 0 saturated heterocycles. The summed E-state index contributed by atoms with van der Waals surface area (Å²) in [5.41, 5.74) is -1.27. The number of nitriles is 1. The Bertz CT molecular complexity index is 677. The van der Waals surface area contributed by atoms with E-state index >= 15 is 0 Å². The molecule has 1 aromatic heterocycles. The summed E-state index contributed by atoms with van der Waals surface area (Å²) >= 11 is 12.1. The first-order chi connectivity index (χ1) is 9.75. The standard InChI is InChI=1S/C15H14Cl2N2O2/c1-14(2)8-15(21-3,5-9(6-18)13(14)20)12-11(17)4-10(16)7-19-12/h4-5,7H,8H2,1-3H3. The van der Waals surface area contributed by atoms with Crippen LogP contribution in [0.2, 0.25) is 10.0 Å². The Morgan fingerprint density at radius 1 is 1.43 bits per heavy atom. The lowest BCUT2D eigenvalue weighted by molar-refractivity contribution is -0.128. The van der Waals surface area contributed by atoms with E-state index in [2.05, 4.69) is 4.98 Å². The van der Waals surface area contributed by atoms with E-state index in [1.54, 1.807) is 19.9 Å². The van der Waals surface area contributed by atoms with Crippen molar-refractivity contribution in [3.63, 3.8) is 0 Å². The van der Waals surface area contributed by atoms with Crippen LogP contribution in [0.25, 0.3) is 0 Å². The molecule has 0 aromatic carbocycles. The Kier molecular flexibility index (Phi) is 4.12. The van der Waals surface area contributed by atoms with Crippen LogP contribution in [0.5, 0.6) is 0 Å². The molecular weight excluding hydrogens is 311 g/mol. The van der Waals surface area contributed by atoms with Crippen molar-refractivity contribution in [1.82, 2.24) is 4.98 Å². The molecule has 21 heavy (non-hydrogen) atoms. The molecule has 4 nitrogen and oxygen atoms in total. The van der Waals surface area contributed by atoms with Gasteiger partial charge in [-0.1, -0.05) is 37.0 Å². The number of hydrogen-bond acceptors (Lipinski definition) is 4. The molecule has 1 atom stereocenters. The van der Waals surface area contributed by atoms with Crippen LogP contribution in [0, 0.1) is 16.7 Å². The summed E-state index contributed by atoms with van der Waals surface area (Å²) in [5, 5.41) is 9.96. The highest BCUT2D eigenvalue weighted by molar-refractivity contribution is 6.34. The number of allylic oxidation sites excluding steroid dienone is 1. The zero-order valence-electron chi connectivity index (χ0n) is 11.9. The van der Waals surface area contributed by atoms with Gasteiger partial charge in [0.25, 0.3) is 0 Å². The highest BCUT2D eigenvalue weighted by Crippen LogP contribution is 2.46. The summed E-state index contributed by atoms with van der Waals surface area (Å²) in [5.74, 6) is -0.206. The number of halogens is 2. The molecule has 6 heteroatoms. The highest BCUT2D eigenvalue weighted by atomic mass is 35.5. The number of pyridine rings is 1. The van der Waals surface area contributed by atoms with Gasteiger partial charge in [0.2, 0.25) is 0 Å². The Labute approximate surface area is 133 Å². The van der Waals surface area contributed by atoms with Crippen molar-refractivity contribution in [3.05, 3.63) is 39.7 Å². The Morgan fingerprint density at radius 3 is 2.62 bits per heavy atom. The first-order valence-electron chi connectivity index (χ1n) is 6.30. The molecule has 1 heterocycles. The van der Waals surface area contributed by atoms with Crippen molar-refractivity contribution in [2.24, 2.45) is 5.41 Å². The third-order valence-corrected chi connectivity index (χ3v) is 4.13. The number of Topliss-reactive ketones (excluding diaryl/α,β-unsaturated/α-hetero) is 1. The molecule has 1 unspecified atom stereocenters. The van der Waals surface area contributed by atoms with Crippen molar-refractivity contribution in [2.45, 2.75) is 25.9 Å². The summed E-state index contributed by atoms with van der Waals surface area (Å²) in [6.07, 6.45) is 3.31. The van der Waals surface area contributed by atoms with Crippen LogP contribution in [0.15, 0.2) is 23.9 Å². The number of aromatic nitrogens is 1. The summed E-state index contributed by atoms with van der Waals surface area (Å²) in [6, 6.07) is 3.50. The maximum absolute atomic E-state index is 12.2. The van der Waals surface area contributed by atoms with E-state index in [9.17, 15) is 10.1 Å². The van der Waals surface area contributed by atoms with Crippen LogP contribution >= 0.6 is 23.2 Å². The van der Waals surface area contributed by atoms with E-state index in [-0.39, 0.29) is 11.4 Å². The minimum absolute atomic E-state index is 0.0564. The number of carbonyl (C=O) groups excluding carboxylic acids is 1. The van der Waals surface area contributed by atoms with Crippen molar-refractivity contribution >= 4 is 29.0 Å². The zero-order valence-corrected chi connectivity index (χ0v) is 13.4.